The molecule has 2 aromatic rings. The number of imide groups is 1. The summed E-state index contributed by atoms with van der Waals surface area (Å²) in [5, 5.41) is 5.58. The number of pyridine rings is 1. The summed E-state index contributed by atoms with van der Waals surface area (Å²) < 4.78 is 0. The fourth-order valence-electron chi connectivity index (χ4n) is 4.19. The van der Waals surface area contributed by atoms with Gasteiger partial charge in [-0.1, -0.05) is 35.9 Å². The predicted octanol–water partition coefficient (Wildman–Crippen LogP) is 1.23. The van der Waals surface area contributed by atoms with Gasteiger partial charge < -0.3 is 20.4 Å². The number of rotatable bonds is 6. The quantitative estimate of drug-likeness (QED) is 0.643. The number of aromatic nitrogens is 1. The number of carbonyl (C=O) groups is 3. The van der Waals surface area contributed by atoms with Crippen LogP contribution in [0.2, 0.25) is 0 Å². The summed E-state index contributed by atoms with van der Waals surface area (Å²) in [7, 11) is 2.09. The minimum atomic E-state index is -1.19. The van der Waals surface area contributed by atoms with E-state index in [9.17, 15) is 14.4 Å². The number of anilines is 1. The zero-order chi connectivity index (χ0) is 23.6. The number of benzene rings is 1. The molecule has 1 unspecified atom stereocenters. The Morgan fingerprint density at radius 3 is 2.52 bits per heavy atom. The van der Waals surface area contributed by atoms with Crippen LogP contribution >= 0.6 is 0 Å². The maximum Gasteiger partial charge on any atom is 0.325 e. The minimum Gasteiger partial charge on any atom is -0.354 e. The van der Waals surface area contributed by atoms with Crippen molar-refractivity contribution in [2.45, 2.75) is 25.9 Å². The summed E-state index contributed by atoms with van der Waals surface area (Å²) in [5.41, 5.74) is 1.45. The number of aryl methyl sites for hydroxylation is 1. The van der Waals surface area contributed by atoms with Crippen molar-refractivity contribution in [3.63, 3.8) is 0 Å². The first-order valence-corrected chi connectivity index (χ1v) is 11.1. The Hall–Kier alpha value is -3.46. The Kier molecular flexibility index (Phi) is 6.33. The van der Waals surface area contributed by atoms with Gasteiger partial charge in [0.05, 0.1) is 0 Å². The number of nitrogens with zero attached hydrogens (tertiary/aromatic N) is 4. The van der Waals surface area contributed by atoms with Crippen LogP contribution in [-0.4, -0.2) is 72.4 Å². The summed E-state index contributed by atoms with van der Waals surface area (Å²) >= 11 is 0. The second-order valence-corrected chi connectivity index (χ2v) is 8.87. The topological polar surface area (TPSA) is 97.9 Å². The summed E-state index contributed by atoms with van der Waals surface area (Å²) in [4.78, 5) is 48.2. The average molecular weight is 451 g/mol. The normalized spacial score (nSPS) is 21.3. The van der Waals surface area contributed by atoms with E-state index in [1.54, 1.807) is 13.1 Å². The van der Waals surface area contributed by atoms with Crippen molar-refractivity contribution >= 4 is 23.7 Å². The highest BCUT2D eigenvalue weighted by Crippen LogP contribution is 2.29. The molecule has 2 aliphatic rings. The van der Waals surface area contributed by atoms with Gasteiger partial charge in [0.25, 0.3) is 5.91 Å². The fraction of sp³-hybridized carbons (Fsp3) is 0.417. The van der Waals surface area contributed by atoms with Crippen LogP contribution in [0, 0.1) is 6.92 Å². The SMILES string of the molecule is Cc1ccc(C2(C)NC(=O)N(CC(=O)NCc3cccnc3N3CCN(C)CC3)C2=O)cc1. The van der Waals surface area contributed by atoms with Gasteiger partial charge in [0.15, 0.2) is 0 Å². The van der Waals surface area contributed by atoms with Gasteiger partial charge in [-0.15, -0.1) is 0 Å². The third kappa shape index (κ3) is 4.68. The molecule has 9 heteroatoms. The second-order valence-electron chi connectivity index (χ2n) is 8.87. The molecule has 1 aromatic carbocycles. The lowest BCUT2D eigenvalue weighted by Crippen LogP contribution is -2.45. The maximum atomic E-state index is 13.1. The van der Waals surface area contributed by atoms with E-state index in [2.05, 4.69) is 32.5 Å². The maximum absolute atomic E-state index is 13.1. The van der Waals surface area contributed by atoms with Crippen molar-refractivity contribution in [2.75, 3.05) is 44.7 Å². The van der Waals surface area contributed by atoms with Gasteiger partial charge in [-0.3, -0.25) is 14.5 Å². The largest absolute Gasteiger partial charge is 0.354 e. The molecule has 174 valence electrons. The highest BCUT2D eigenvalue weighted by atomic mass is 16.2. The van der Waals surface area contributed by atoms with Crippen LogP contribution in [0.4, 0.5) is 10.6 Å². The first-order valence-electron chi connectivity index (χ1n) is 11.1. The molecule has 2 aliphatic heterocycles. The molecule has 2 N–H and O–H groups in total. The zero-order valence-electron chi connectivity index (χ0n) is 19.3. The Labute approximate surface area is 193 Å². The number of urea groups is 1. The number of hydrogen-bond acceptors (Lipinski definition) is 6. The molecule has 9 nitrogen and oxygen atoms in total. The Balaban J connectivity index is 1.39. The van der Waals surface area contributed by atoms with Crippen molar-refractivity contribution in [3.05, 3.63) is 59.3 Å². The molecule has 33 heavy (non-hydrogen) atoms. The van der Waals surface area contributed by atoms with Crippen molar-refractivity contribution in [1.29, 1.82) is 0 Å². The van der Waals surface area contributed by atoms with Crippen LogP contribution in [-0.2, 0) is 21.7 Å². The highest BCUT2D eigenvalue weighted by molar-refractivity contribution is 6.09. The first kappa shape index (κ1) is 22.7. The number of amides is 4. The van der Waals surface area contributed by atoms with E-state index in [-0.39, 0.29) is 13.1 Å². The van der Waals surface area contributed by atoms with Crippen LogP contribution in [0.15, 0.2) is 42.6 Å². The molecule has 3 heterocycles. The van der Waals surface area contributed by atoms with Gasteiger partial charge in [0.1, 0.15) is 17.9 Å². The van der Waals surface area contributed by atoms with Crippen molar-refractivity contribution < 1.29 is 14.4 Å². The van der Waals surface area contributed by atoms with E-state index in [1.807, 2.05) is 43.3 Å². The van der Waals surface area contributed by atoms with E-state index in [1.165, 1.54) is 0 Å². The van der Waals surface area contributed by atoms with Gasteiger partial charge in [0, 0.05) is 44.5 Å². The number of piperazine rings is 1. The molecular formula is C24H30N6O3. The standard InChI is InChI=1S/C24H30N6O3/c1-17-6-8-19(9-7-17)24(2)22(32)30(23(33)27-24)16-20(31)26-15-18-5-4-10-25-21(18)29-13-11-28(3)12-14-29/h4-10H,11-16H2,1-3H3,(H,26,31)(H,27,33). The molecule has 4 amide bonds. The molecule has 1 atom stereocenters. The lowest BCUT2D eigenvalue weighted by molar-refractivity contribution is -0.134. The van der Waals surface area contributed by atoms with E-state index in [4.69, 9.17) is 0 Å². The minimum absolute atomic E-state index is 0.271. The number of nitrogens with one attached hydrogen (secondary N) is 2. The smallest absolute Gasteiger partial charge is 0.325 e. The molecule has 0 saturated carbocycles. The molecule has 1 aromatic heterocycles. The third-order valence-electron chi connectivity index (χ3n) is 6.35. The highest BCUT2D eigenvalue weighted by Gasteiger charge is 2.49. The molecule has 2 fully saturated rings. The lowest BCUT2D eigenvalue weighted by atomic mass is 9.91. The third-order valence-corrected chi connectivity index (χ3v) is 6.35. The van der Waals surface area contributed by atoms with E-state index in [0.717, 1.165) is 48.0 Å². The van der Waals surface area contributed by atoms with Crippen LogP contribution in [0.1, 0.15) is 23.6 Å². The summed E-state index contributed by atoms with van der Waals surface area (Å²) in [6.45, 7) is 7.19. The predicted molar refractivity (Wildman–Crippen MR) is 125 cm³/mol. The van der Waals surface area contributed by atoms with E-state index < -0.39 is 23.4 Å². The first-order chi connectivity index (χ1) is 15.8. The summed E-state index contributed by atoms with van der Waals surface area (Å²) in [6, 6.07) is 10.6. The number of carbonyl (C=O) groups excluding carboxylic acids is 3. The number of likely N-dealkylation sites (N-methyl/N-ethyl adjacent to an activating group) is 1. The van der Waals surface area contributed by atoms with Crippen LogP contribution in [0.3, 0.4) is 0 Å². The van der Waals surface area contributed by atoms with Gasteiger partial charge in [-0.05, 0) is 32.5 Å². The molecule has 0 aliphatic carbocycles. The van der Waals surface area contributed by atoms with E-state index in [0.29, 0.717) is 5.56 Å². The Morgan fingerprint density at radius 1 is 1.12 bits per heavy atom. The molecular weight excluding hydrogens is 420 g/mol. The zero-order valence-corrected chi connectivity index (χ0v) is 19.3. The molecule has 0 radical (unpaired) electrons. The molecule has 4 rings (SSSR count). The summed E-state index contributed by atoms with van der Waals surface area (Å²) in [6.07, 6.45) is 1.75. The van der Waals surface area contributed by atoms with Gasteiger partial charge >= 0.3 is 6.03 Å². The van der Waals surface area contributed by atoms with E-state index >= 15 is 0 Å². The summed E-state index contributed by atoms with van der Waals surface area (Å²) in [5.74, 6) is 0.0127. The average Bonchev–Trinajstić information content (AvgIpc) is 3.02. The lowest BCUT2D eigenvalue weighted by Gasteiger charge is -2.34. The monoisotopic (exact) mass is 450 g/mol. The second kappa shape index (κ2) is 9.19. The molecule has 0 bridgehead atoms. The number of hydrogen-bond donors (Lipinski definition) is 2. The molecule has 2 saturated heterocycles. The van der Waals surface area contributed by atoms with Crippen molar-refractivity contribution in [1.82, 2.24) is 25.4 Å². The van der Waals surface area contributed by atoms with Crippen LogP contribution in [0.5, 0.6) is 0 Å². The fourth-order valence-corrected chi connectivity index (χ4v) is 4.19. The van der Waals surface area contributed by atoms with Crippen LogP contribution < -0.4 is 15.5 Å². The van der Waals surface area contributed by atoms with Crippen molar-refractivity contribution in [3.8, 4) is 0 Å². The van der Waals surface area contributed by atoms with Gasteiger partial charge in [0.2, 0.25) is 5.91 Å². The van der Waals surface area contributed by atoms with Gasteiger partial charge in [-0.25, -0.2) is 9.78 Å². The van der Waals surface area contributed by atoms with Gasteiger partial charge in [-0.2, -0.15) is 0 Å². The Morgan fingerprint density at radius 2 is 1.82 bits per heavy atom. The van der Waals surface area contributed by atoms with Crippen molar-refractivity contribution in [2.24, 2.45) is 0 Å². The molecule has 0 spiro atoms. The Bertz CT molecular complexity index is 1050. The van der Waals surface area contributed by atoms with Crippen LogP contribution in [0.25, 0.3) is 0 Å².